The summed E-state index contributed by atoms with van der Waals surface area (Å²) in [5.41, 5.74) is 0. The number of carbonyl (C=O) groups is 2. The van der Waals surface area contributed by atoms with Crippen LogP contribution in [0.3, 0.4) is 0 Å². The van der Waals surface area contributed by atoms with Crippen LogP contribution in [0, 0.1) is 0 Å². The minimum Gasteiger partial charge on any atom is -0.463 e. The van der Waals surface area contributed by atoms with E-state index in [1.807, 2.05) is 12.2 Å². The van der Waals surface area contributed by atoms with E-state index in [0.717, 1.165) is 12.8 Å². The molecule has 0 N–H and O–H groups in total. The molecule has 102 valence electrons. The number of hydrogen-bond donors (Lipinski definition) is 0. The number of esters is 2. The molecule has 0 saturated heterocycles. The van der Waals surface area contributed by atoms with E-state index in [2.05, 4.69) is 13.0 Å². The smallest absolute Gasteiger partial charge is 0.347 e. The van der Waals surface area contributed by atoms with E-state index < -0.39 is 18.0 Å². The summed E-state index contributed by atoms with van der Waals surface area (Å²) in [6.07, 6.45) is 8.86. The maximum Gasteiger partial charge on any atom is 0.347 e. The third-order valence-corrected chi connectivity index (χ3v) is 2.05. The Balaban J connectivity index is 3.83. The minimum atomic E-state index is -0.842. The fourth-order valence-electron chi connectivity index (χ4n) is 1.17. The minimum absolute atomic E-state index is 0.170. The Morgan fingerprint density at radius 1 is 1.11 bits per heavy atom. The van der Waals surface area contributed by atoms with Crippen LogP contribution in [0.5, 0.6) is 0 Å². The summed E-state index contributed by atoms with van der Waals surface area (Å²) >= 11 is 0. The number of hydrogen-bond acceptors (Lipinski definition) is 4. The van der Waals surface area contributed by atoms with Gasteiger partial charge in [0, 0.05) is 0 Å². The van der Waals surface area contributed by atoms with Crippen LogP contribution in [-0.4, -0.2) is 24.6 Å². The van der Waals surface area contributed by atoms with E-state index in [0.29, 0.717) is 0 Å². The molecule has 0 rings (SSSR count). The highest BCUT2D eigenvalue weighted by Crippen LogP contribution is 1.99. The Morgan fingerprint density at radius 3 is 2.39 bits per heavy atom. The van der Waals surface area contributed by atoms with E-state index in [-0.39, 0.29) is 13.0 Å². The van der Waals surface area contributed by atoms with Crippen LogP contribution in [0.25, 0.3) is 0 Å². The van der Waals surface area contributed by atoms with Crippen LogP contribution in [0.1, 0.15) is 40.0 Å². The van der Waals surface area contributed by atoms with Crippen LogP contribution in [-0.2, 0) is 19.1 Å². The first-order valence-electron chi connectivity index (χ1n) is 6.27. The van der Waals surface area contributed by atoms with E-state index >= 15 is 0 Å². The molecule has 0 bridgehead atoms. The van der Waals surface area contributed by atoms with Crippen LogP contribution >= 0.6 is 0 Å². The molecule has 0 saturated carbocycles. The van der Waals surface area contributed by atoms with E-state index in [1.54, 1.807) is 13.0 Å². The molecule has 0 radical (unpaired) electrons. The van der Waals surface area contributed by atoms with Crippen LogP contribution in [0.2, 0.25) is 0 Å². The van der Waals surface area contributed by atoms with Gasteiger partial charge in [-0.05, 0) is 26.7 Å². The Bertz CT molecular complexity index is 305. The lowest BCUT2D eigenvalue weighted by atomic mass is 10.3. The SMILES string of the molecule is CC/C=C\C/C=C\CC(=O)OC(C)C(=O)OCC. The molecule has 4 nitrogen and oxygen atoms in total. The van der Waals surface area contributed by atoms with Crippen molar-refractivity contribution in [1.82, 2.24) is 0 Å². The third kappa shape index (κ3) is 8.56. The Kier molecular flexibility index (Phi) is 9.64. The van der Waals surface area contributed by atoms with Crippen molar-refractivity contribution >= 4 is 11.9 Å². The molecule has 0 aromatic heterocycles. The predicted octanol–water partition coefficient (Wildman–Crippen LogP) is 2.78. The standard InChI is InChI=1S/C14H22O4/c1-4-6-7-8-9-10-11-13(15)18-12(3)14(16)17-5-2/h6-7,9-10,12H,4-5,8,11H2,1-3H3/b7-6-,10-9-. The van der Waals surface area contributed by atoms with Crippen molar-refractivity contribution in [3.05, 3.63) is 24.3 Å². The first-order valence-corrected chi connectivity index (χ1v) is 6.27. The van der Waals surface area contributed by atoms with Gasteiger partial charge in [0.15, 0.2) is 6.10 Å². The van der Waals surface area contributed by atoms with Gasteiger partial charge in [-0.3, -0.25) is 4.79 Å². The lowest BCUT2D eigenvalue weighted by Crippen LogP contribution is -2.25. The van der Waals surface area contributed by atoms with Crippen molar-refractivity contribution < 1.29 is 19.1 Å². The molecular formula is C14H22O4. The first-order chi connectivity index (χ1) is 8.61. The van der Waals surface area contributed by atoms with Crippen LogP contribution in [0.15, 0.2) is 24.3 Å². The van der Waals surface area contributed by atoms with Gasteiger partial charge >= 0.3 is 11.9 Å². The summed E-state index contributed by atoms with van der Waals surface area (Å²) in [6, 6.07) is 0. The van der Waals surface area contributed by atoms with Gasteiger partial charge in [0.2, 0.25) is 0 Å². The van der Waals surface area contributed by atoms with Crippen molar-refractivity contribution in [3.63, 3.8) is 0 Å². The van der Waals surface area contributed by atoms with Gasteiger partial charge in [-0.1, -0.05) is 31.2 Å². The highest BCUT2D eigenvalue weighted by Gasteiger charge is 2.17. The summed E-state index contributed by atoms with van der Waals surface area (Å²) < 4.78 is 9.64. The zero-order valence-electron chi connectivity index (χ0n) is 11.3. The maximum absolute atomic E-state index is 11.4. The third-order valence-electron chi connectivity index (χ3n) is 2.05. The van der Waals surface area contributed by atoms with Crippen molar-refractivity contribution in [1.29, 1.82) is 0 Å². The van der Waals surface area contributed by atoms with Gasteiger partial charge in [-0.15, -0.1) is 0 Å². The summed E-state index contributed by atoms with van der Waals surface area (Å²) in [5, 5.41) is 0. The Labute approximate surface area is 109 Å². The summed E-state index contributed by atoms with van der Waals surface area (Å²) in [7, 11) is 0. The van der Waals surface area contributed by atoms with Crippen molar-refractivity contribution in [3.8, 4) is 0 Å². The molecule has 0 aliphatic rings. The summed E-state index contributed by atoms with van der Waals surface area (Å²) in [5.74, 6) is -0.938. The number of ether oxygens (including phenoxy) is 2. The van der Waals surface area contributed by atoms with Crippen molar-refractivity contribution in [2.45, 2.75) is 46.1 Å². The average Bonchev–Trinajstić information content (AvgIpc) is 2.33. The molecule has 18 heavy (non-hydrogen) atoms. The highest BCUT2D eigenvalue weighted by atomic mass is 16.6. The molecule has 0 aromatic rings. The zero-order valence-corrected chi connectivity index (χ0v) is 11.3. The Hall–Kier alpha value is -1.58. The molecule has 1 unspecified atom stereocenters. The van der Waals surface area contributed by atoms with E-state index in [1.165, 1.54) is 6.92 Å². The molecule has 0 aliphatic heterocycles. The van der Waals surface area contributed by atoms with Gasteiger partial charge in [-0.25, -0.2) is 4.79 Å². The second kappa shape index (κ2) is 10.6. The van der Waals surface area contributed by atoms with Crippen molar-refractivity contribution in [2.24, 2.45) is 0 Å². The summed E-state index contributed by atoms with van der Waals surface area (Å²) in [4.78, 5) is 22.6. The number of carbonyl (C=O) groups excluding carboxylic acids is 2. The molecular weight excluding hydrogens is 232 g/mol. The van der Waals surface area contributed by atoms with Gasteiger partial charge in [0.1, 0.15) is 0 Å². The lowest BCUT2D eigenvalue weighted by molar-refractivity contribution is -0.165. The number of allylic oxidation sites excluding steroid dienone is 3. The molecule has 0 aromatic carbocycles. The van der Waals surface area contributed by atoms with E-state index in [4.69, 9.17) is 9.47 Å². The quantitative estimate of drug-likeness (QED) is 0.493. The molecule has 0 spiro atoms. The van der Waals surface area contributed by atoms with Gasteiger partial charge in [0.05, 0.1) is 13.0 Å². The normalized spacial score (nSPS) is 12.8. The largest absolute Gasteiger partial charge is 0.463 e. The molecule has 0 amide bonds. The highest BCUT2D eigenvalue weighted by molar-refractivity contribution is 5.79. The fraction of sp³-hybridized carbons (Fsp3) is 0.571. The van der Waals surface area contributed by atoms with Crippen LogP contribution in [0.4, 0.5) is 0 Å². The second-order valence-corrected chi connectivity index (χ2v) is 3.68. The van der Waals surface area contributed by atoms with E-state index in [9.17, 15) is 9.59 Å². The molecule has 0 heterocycles. The summed E-state index contributed by atoms with van der Waals surface area (Å²) in [6.45, 7) is 5.56. The van der Waals surface area contributed by atoms with Gasteiger partial charge in [0.25, 0.3) is 0 Å². The van der Waals surface area contributed by atoms with Crippen LogP contribution < -0.4 is 0 Å². The predicted molar refractivity (Wildman–Crippen MR) is 70.0 cm³/mol. The fourth-order valence-corrected chi connectivity index (χ4v) is 1.17. The molecule has 1 atom stereocenters. The average molecular weight is 254 g/mol. The molecule has 0 fully saturated rings. The lowest BCUT2D eigenvalue weighted by Gasteiger charge is -2.10. The molecule has 4 heteroatoms. The van der Waals surface area contributed by atoms with Gasteiger partial charge in [-0.2, -0.15) is 0 Å². The van der Waals surface area contributed by atoms with Crippen molar-refractivity contribution in [2.75, 3.05) is 6.61 Å². The monoisotopic (exact) mass is 254 g/mol. The van der Waals surface area contributed by atoms with Gasteiger partial charge < -0.3 is 9.47 Å². The first kappa shape index (κ1) is 16.4. The maximum atomic E-state index is 11.4. The molecule has 0 aliphatic carbocycles. The Morgan fingerprint density at radius 2 is 1.78 bits per heavy atom. The topological polar surface area (TPSA) is 52.6 Å². The number of rotatable bonds is 8. The zero-order chi connectivity index (χ0) is 13.8. The second-order valence-electron chi connectivity index (χ2n) is 3.68.